The first kappa shape index (κ1) is 17.0. The van der Waals surface area contributed by atoms with E-state index in [0.29, 0.717) is 18.9 Å². The highest BCUT2D eigenvalue weighted by molar-refractivity contribution is 5.88. The SMILES string of the molecule is Cc1ccc(NC(=O)N2CCC(Oc3cccnc3N(C)C)C2)nc1. The van der Waals surface area contributed by atoms with E-state index in [-0.39, 0.29) is 12.1 Å². The molecule has 0 aromatic carbocycles. The lowest BCUT2D eigenvalue weighted by molar-refractivity contribution is 0.195. The van der Waals surface area contributed by atoms with Crippen molar-refractivity contribution in [2.75, 3.05) is 37.4 Å². The van der Waals surface area contributed by atoms with Crippen LogP contribution in [-0.4, -0.2) is 54.2 Å². The summed E-state index contributed by atoms with van der Waals surface area (Å²) in [4.78, 5) is 24.6. The Morgan fingerprint density at radius 1 is 1.32 bits per heavy atom. The molecule has 3 rings (SSSR count). The van der Waals surface area contributed by atoms with E-state index in [1.165, 1.54) is 0 Å². The van der Waals surface area contributed by atoms with Crippen LogP contribution in [0.3, 0.4) is 0 Å². The number of anilines is 2. The van der Waals surface area contributed by atoms with Gasteiger partial charge in [0.25, 0.3) is 0 Å². The van der Waals surface area contributed by atoms with E-state index in [2.05, 4.69) is 15.3 Å². The summed E-state index contributed by atoms with van der Waals surface area (Å²) in [5.74, 6) is 2.08. The molecule has 2 aromatic rings. The summed E-state index contributed by atoms with van der Waals surface area (Å²) in [7, 11) is 3.86. The standard InChI is InChI=1S/C18H23N5O2/c1-13-6-7-16(20-11-13)21-18(24)23-10-8-14(12-23)25-15-5-4-9-19-17(15)22(2)3/h4-7,9,11,14H,8,10,12H2,1-3H3,(H,20,21,24). The Balaban J connectivity index is 1.58. The zero-order chi connectivity index (χ0) is 17.8. The first-order chi connectivity index (χ1) is 12.0. The van der Waals surface area contributed by atoms with Gasteiger partial charge < -0.3 is 14.5 Å². The fourth-order valence-electron chi connectivity index (χ4n) is 2.73. The number of rotatable bonds is 4. The Labute approximate surface area is 147 Å². The van der Waals surface area contributed by atoms with E-state index in [1.54, 1.807) is 23.4 Å². The maximum atomic E-state index is 12.4. The van der Waals surface area contributed by atoms with Gasteiger partial charge in [-0.3, -0.25) is 5.32 Å². The van der Waals surface area contributed by atoms with Crippen LogP contribution in [0.1, 0.15) is 12.0 Å². The number of carbonyl (C=O) groups excluding carboxylic acids is 1. The van der Waals surface area contributed by atoms with E-state index in [0.717, 1.165) is 23.6 Å². The zero-order valence-electron chi connectivity index (χ0n) is 14.8. The van der Waals surface area contributed by atoms with Gasteiger partial charge in [-0.25, -0.2) is 14.8 Å². The van der Waals surface area contributed by atoms with E-state index in [1.807, 2.05) is 44.1 Å². The van der Waals surface area contributed by atoms with Crippen LogP contribution in [0.4, 0.5) is 16.4 Å². The van der Waals surface area contributed by atoms with Crippen LogP contribution in [-0.2, 0) is 0 Å². The highest BCUT2D eigenvalue weighted by atomic mass is 16.5. The van der Waals surface area contributed by atoms with Crippen LogP contribution in [0, 0.1) is 6.92 Å². The molecule has 0 radical (unpaired) electrons. The summed E-state index contributed by atoms with van der Waals surface area (Å²) in [6.07, 6.45) is 4.22. The molecule has 1 aliphatic rings. The molecular weight excluding hydrogens is 318 g/mol. The third-order valence-corrected chi connectivity index (χ3v) is 4.05. The number of amides is 2. The molecule has 1 fully saturated rings. The first-order valence-corrected chi connectivity index (χ1v) is 8.30. The van der Waals surface area contributed by atoms with E-state index in [4.69, 9.17) is 4.74 Å². The van der Waals surface area contributed by atoms with Gasteiger partial charge in [-0.1, -0.05) is 6.07 Å². The van der Waals surface area contributed by atoms with Gasteiger partial charge in [0.1, 0.15) is 11.9 Å². The molecule has 25 heavy (non-hydrogen) atoms. The Morgan fingerprint density at radius 2 is 2.16 bits per heavy atom. The molecule has 7 heteroatoms. The number of aryl methyl sites for hydroxylation is 1. The molecule has 0 bridgehead atoms. The number of nitrogens with one attached hydrogen (secondary N) is 1. The molecule has 0 spiro atoms. The van der Waals surface area contributed by atoms with Gasteiger partial charge in [0.15, 0.2) is 11.6 Å². The number of likely N-dealkylation sites (tertiary alicyclic amines) is 1. The monoisotopic (exact) mass is 341 g/mol. The molecule has 1 unspecified atom stereocenters. The fourth-order valence-corrected chi connectivity index (χ4v) is 2.73. The number of nitrogens with zero attached hydrogens (tertiary/aromatic N) is 4. The van der Waals surface area contributed by atoms with Gasteiger partial charge in [0.05, 0.1) is 6.54 Å². The first-order valence-electron chi connectivity index (χ1n) is 8.30. The second-order valence-corrected chi connectivity index (χ2v) is 6.35. The highest BCUT2D eigenvalue weighted by Crippen LogP contribution is 2.26. The molecule has 132 valence electrons. The average Bonchev–Trinajstić information content (AvgIpc) is 3.06. The van der Waals surface area contributed by atoms with Gasteiger partial charge in [-0.2, -0.15) is 0 Å². The van der Waals surface area contributed by atoms with Gasteiger partial charge in [-0.15, -0.1) is 0 Å². The van der Waals surface area contributed by atoms with Crippen LogP contribution >= 0.6 is 0 Å². The molecule has 7 nitrogen and oxygen atoms in total. The number of carbonyl (C=O) groups is 1. The van der Waals surface area contributed by atoms with Crippen LogP contribution in [0.25, 0.3) is 0 Å². The molecule has 2 amide bonds. The van der Waals surface area contributed by atoms with Crippen LogP contribution in [0.5, 0.6) is 5.75 Å². The molecule has 1 saturated heterocycles. The summed E-state index contributed by atoms with van der Waals surface area (Å²) in [6.45, 7) is 3.15. The summed E-state index contributed by atoms with van der Waals surface area (Å²) >= 11 is 0. The van der Waals surface area contributed by atoms with Crippen molar-refractivity contribution in [3.63, 3.8) is 0 Å². The molecule has 1 atom stereocenters. The van der Waals surface area contributed by atoms with Crippen molar-refractivity contribution in [1.29, 1.82) is 0 Å². The Morgan fingerprint density at radius 3 is 2.88 bits per heavy atom. The number of pyridine rings is 2. The lowest BCUT2D eigenvalue weighted by atomic mass is 10.3. The quantitative estimate of drug-likeness (QED) is 0.925. The predicted octanol–water partition coefficient (Wildman–Crippen LogP) is 2.54. The van der Waals surface area contributed by atoms with Crippen molar-refractivity contribution < 1.29 is 9.53 Å². The molecular formula is C18H23N5O2. The van der Waals surface area contributed by atoms with Crippen molar-refractivity contribution in [3.05, 3.63) is 42.2 Å². The van der Waals surface area contributed by atoms with Crippen LogP contribution < -0.4 is 15.0 Å². The molecule has 0 saturated carbocycles. The Kier molecular flexibility index (Phi) is 5.02. The van der Waals surface area contributed by atoms with Gasteiger partial charge in [0.2, 0.25) is 0 Å². The third kappa shape index (κ3) is 4.17. The van der Waals surface area contributed by atoms with E-state index < -0.39 is 0 Å². The summed E-state index contributed by atoms with van der Waals surface area (Å²) in [5.41, 5.74) is 1.06. The topological polar surface area (TPSA) is 70.6 Å². The minimum Gasteiger partial charge on any atom is -0.485 e. The summed E-state index contributed by atoms with van der Waals surface area (Å²) in [6, 6.07) is 7.33. The third-order valence-electron chi connectivity index (χ3n) is 4.05. The minimum absolute atomic E-state index is 0.0420. The molecule has 1 N–H and O–H groups in total. The Bertz CT molecular complexity index is 733. The lowest BCUT2D eigenvalue weighted by Crippen LogP contribution is -2.34. The number of aromatic nitrogens is 2. The van der Waals surface area contributed by atoms with Crippen LogP contribution in [0.2, 0.25) is 0 Å². The smallest absolute Gasteiger partial charge is 0.323 e. The van der Waals surface area contributed by atoms with Crippen molar-refractivity contribution in [2.24, 2.45) is 0 Å². The number of hydrogen-bond acceptors (Lipinski definition) is 5. The van der Waals surface area contributed by atoms with Gasteiger partial charge >= 0.3 is 6.03 Å². The zero-order valence-corrected chi connectivity index (χ0v) is 14.8. The fraction of sp³-hybridized carbons (Fsp3) is 0.389. The molecule has 3 heterocycles. The lowest BCUT2D eigenvalue weighted by Gasteiger charge is -2.20. The average molecular weight is 341 g/mol. The molecule has 1 aliphatic heterocycles. The number of urea groups is 1. The van der Waals surface area contributed by atoms with Crippen molar-refractivity contribution in [2.45, 2.75) is 19.4 Å². The van der Waals surface area contributed by atoms with E-state index >= 15 is 0 Å². The second-order valence-electron chi connectivity index (χ2n) is 6.35. The van der Waals surface area contributed by atoms with Gasteiger partial charge in [-0.05, 0) is 30.7 Å². The number of ether oxygens (including phenoxy) is 1. The maximum absolute atomic E-state index is 12.4. The van der Waals surface area contributed by atoms with E-state index in [9.17, 15) is 4.79 Å². The largest absolute Gasteiger partial charge is 0.485 e. The normalized spacial score (nSPS) is 16.6. The summed E-state index contributed by atoms with van der Waals surface area (Å²) < 4.78 is 6.07. The van der Waals surface area contributed by atoms with Crippen molar-refractivity contribution in [3.8, 4) is 5.75 Å². The Hall–Kier alpha value is -2.83. The second kappa shape index (κ2) is 7.38. The van der Waals surface area contributed by atoms with Crippen molar-refractivity contribution >= 4 is 17.7 Å². The molecule has 2 aromatic heterocycles. The minimum atomic E-state index is -0.151. The maximum Gasteiger partial charge on any atom is 0.323 e. The van der Waals surface area contributed by atoms with Crippen LogP contribution in [0.15, 0.2) is 36.7 Å². The number of hydrogen-bond donors (Lipinski definition) is 1. The van der Waals surface area contributed by atoms with Gasteiger partial charge in [0, 0.05) is 39.5 Å². The molecule has 0 aliphatic carbocycles. The predicted molar refractivity (Wildman–Crippen MR) is 97.2 cm³/mol. The van der Waals surface area contributed by atoms with Crippen molar-refractivity contribution in [1.82, 2.24) is 14.9 Å². The summed E-state index contributed by atoms with van der Waals surface area (Å²) in [5, 5.41) is 2.82. The highest BCUT2D eigenvalue weighted by Gasteiger charge is 2.28.